The van der Waals surface area contributed by atoms with Crippen molar-refractivity contribution in [3.05, 3.63) is 87.8 Å². The minimum Gasteiger partial charge on any atom is -0.450 e. The normalized spacial score (nSPS) is 19.2. The number of carbonyl (C=O) groups excluding carboxylic acids is 2. The van der Waals surface area contributed by atoms with Crippen molar-refractivity contribution >= 4 is 28.5 Å². The Labute approximate surface area is 184 Å². The van der Waals surface area contributed by atoms with Gasteiger partial charge in [0.2, 0.25) is 5.76 Å². The molecule has 0 bridgehead atoms. The number of para-hydroxylation sites is 1. The Hall–Kier alpha value is -3.71. The number of nitrogens with zero attached hydrogens (tertiary/aromatic N) is 2. The van der Waals surface area contributed by atoms with Gasteiger partial charge in [0.25, 0.3) is 11.8 Å². The van der Waals surface area contributed by atoms with Crippen LogP contribution in [0.2, 0.25) is 0 Å². The van der Waals surface area contributed by atoms with Gasteiger partial charge >= 0.3 is 0 Å². The molecule has 3 heterocycles. The maximum atomic E-state index is 14.1. The lowest BCUT2D eigenvalue weighted by Crippen LogP contribution is -2.53. The summed E-state index contributed by atoms with van der Waals surface area (Å²) >= 11 is 0. The molecule has 0 fully saturated rings. The molecule has 0 saturated carbocycles. The van der Waals surface area contributed by atoms with Gasteiger partial charge in [-0.1, -0.05) is 35.9 Å². The molecule has 2 aliphatic rings. The molecule has 0 saturated heterocycles. The van der Waals surface area contributed by atoms with E-state index in [1.54, 1.807) is 42.5 Å². The molecule has 0 unspecified atom stereocenters. The van der Waals surface area contributed by atoms with Crippen LogP contribution in [0.25, 0.3) is 11.0 Å². The predicted molar refractivity (Wildman–Crippen MR) is 120 cm³/mol. The summed E-state index contributed by atoms with van der Waals surface area (Å²) in [6.07, 6.45) is 1.86. The van der Waals surface area contributed by atoms with Gasteiger partial charge in [0, 0.05) is 25.3 Å². The first-order valence-electron chi connectivity index (χ1n) is 10.5. The predicted octanol–water partition coefficient (Wildman–Crippen LogP) is 2.72. The summed E-state index contributed by atoms with van der Waals surface area (Å²) in [6.45, 7) is 5.78. The fourth-order valence-corrected chi connectivity index (χ4v) is 4.94. The average molecular weight is 430 g/mol. The van der Waals surface area contributed by atoms with Gasteiger partial charge in [0.05, 0.1) is 16.6 Å². The van der Waals surface area contributed by atoms with Crippen LogP contribution < -0.4 is 10.3 Å². The highest BCUT2D eigenvalue weighted by molar-refractivity contribution is 6.17. The Morgan fingerprint density at radius 2 is 1.94 bits per heavy atom. The number of aliphatic hydroxyl groups is 1. The van der Waals surface area contributed by atoms with Crippen molar-refractivity contribution < 1.29 is 19.1 Å². The molecule has 2 aromatic carbocycles. The SMILES string of the molecule is C=CCN1C(=O)[C@@]2(c3ccccc31)c1c(oc3ccc(C)cc3c1=O)C(=O)N2CCCO. The van der Waals surface area contributed by atoms with Crippen molar-refractivity contribution in [2.75, 3.05) is 24.6 Å². The van der Waals surface area contributed by atoms with E-state index in [0.717, 1.165) is 5.56 Å². The van der Waals surface area contributed by atoms with E-state index in [1.807, 2.05) is 13.0 Å². The first-order valence-corrected chi connectivity index (χ1v) is 10.5. The Balaban J connectivity index is 1.91. The second kappa shape index (κ2) is 7.17. The molecule has 162 valence electrons. The van der Waals surface area contributed by atoms with Gasteiger partial charge in [0.15, 0.2) is 11.0 Å². The molecule has 3 aromatic rings. The van der Waals surface area contributed by atoms with Crippen molar-refractivity contribution in [3.63, 3.8) is 0 Å². The molecule has 1 atom stereocenters. The summed E-state index contributed by atoms with van der Waals surface area (Å²) < 4.78 is 5.96. The van der Waals surface area contributed by atoms with Gasteiger partial charge in [-0.3, -0.25) is 14.4 Å². The minimum absolute atomic E-state index is 0.0440. The number of rotatable bonds is 5. The number of benzene rings is 2. The van der Waals surface area contributed by atoms with Gasteiger partial charge in [0.1, 0.15) is 5.58 Å². The largest absolute Gasteiger partial charge is 0.450 e. The Morgan fingerprint density at radius 3 is 2.69 bits per heavy atom. The van der Waals surface area contributed by atoms with Crippen molar-refractivity contribution in [2.45, 2.75) is 18.9 Å². The van der Waals surface area contributed by atoms with Gasteiger partial charge < -0.3 is 19.3 Å². The van der Waals surface area contributed by atoms with Gasteiger partial charge in [-0.15, -0.1) is 6.58 Å². The Morgan fingerprint density at radius 1 is 1.16 bits per heavy atom. The van der Waals surface area contributed by atoms with Crippen LogP contribution in [0.5, 0.6) is 0 Å². The number of hydrogen-bond acceptors (Lipinski definition) is 5. The van der Waals surface area contributed by atoms with E-state index >= 15 is 0 Å². The summed E-state index contributed by atoms with van der Waals surface area (Å²) in [5.74, 6) is -1.05. The number of aliphatic hydroxyl groups excluding tert-OH is 1. The number of fused-ring (bicyclic) bond motifs is 5. The van der Waals surface area contributed by atoms with E-state index in [9.17, 15) is 19.5 Å². The van der Waals surface area contributed by atoms with Crippen LogP contribution in [0.4, 0.5) is 5.69 Å². The van der Waals surface area contributed by atoms with Crippen molar-refractivity contribution in [1.29, 1.82) is 0 Å². The maximum absolute atomic E-state index is 14.1. The third-order valence-corrected chi connectivity index (χ3v) is 6.24. The lowest BCUT2D eigenvalue weighted by molar-refractivity contribution is -0.126. The van der Waals surface area contributed by atoms with Gasteiger partial charge in [-0.2, -0.15) is 0 Å². The zero-order valence-corrected chi connectivity index (χ0v) is 17.6. The number of hydrogen-bond donors (Lipinski definition) is 1. The maximum Gasteiger partial charge on any atom is 0.291 e. The highest BCUT2D eigenvalue weighted by Crippen LogP contribution is 2.52. The molecular formula is C25H22N2O5. The highest BCUT2D eigenvalue weighted by Gasteiger charge is 2.64. The van der Waals surface area contributed by atoms with E-state index in [2.05, 4.69) is 6.58 Å². The summed E-state index contributed by atoms with van der Waals surface area (Å²) in [5.41, 5.74) is 0.350. The van der Waals surface area contributed by atoms with E-state index in [0.29, 0.717) is 22.2 Å². The van der Waals surface area contributed by atoms with Crippen LogP contribution in [-0.4, -0.2) is 41.5 Å². The number of aryl methyl sites for hydroxylation is 1. The number of carbonyl (C=O) groups is 2. The molecule has 1 spiro atoms. The summed E-state index contributed by atoms with van der Waals surface area (Å²) in [7, 11) is 0. The first-order chi connectivity index (χ1) is 15.5. The highest BCUT2D eigenvalue weighted by atomic mass is 16.3. The molecule has 7 heteroatoms. The second-order valence-electron chi connectivity index (χ2n) is 8.10. The topological polar surface area (TPSA) is 91.1 Å². The smallest absolute Gasteiger partial charge is 0.291 e. The Kier molecular flexibility index (Phi) is 4.53. The van der Waals surface area contributed by atoms with Crippen molar-refractivity contribution in [2.24, 2.45) is 0 Å². The van der Waals surface area contributed by atoms with E-state index < -0.39 is 22.8 Å². The van der Waals surface area contributed by atoms with Crippen LogP contribution in [0.15, 0.2) is 64.3 Å². The number of amides is 2. The molecular weight excluding hydrogens is 408 g/mol. The van der Waals surface area contributed by atoms with Crippen LogP contribution >= 0.6 is 0 Å². The minimum atomic E-state index is -1.64. The third-order valence-electron chi connectivity index (χ3n) is 6.24. The van der Waals surface area contributed by atoms with E-state index in [4.69, 9.17) is 4.42 Å². The van der Waals surface area contributed by atoms with Crippen LogP contribution in [0, 0.1) is 6.92 Å². The average Bonchev–Trinajstić information content (AvgIpc) is 3.18. The first kappa shape index (κ1) is 20.2. The molecule has 32 heavy (non-hydrogen) atoms. The van der Waals surface area contributed by atoms with Crippen LogP contribution in [0.3, 0.4) is 0 Å². The quantitative estimate of drug-likeness (QED) is 0.629. The molecule has 5 rings (SSSR count). The Bertz CT molecular complexity index is 1360. The number of anilines is 1. The lowest BCUT2D eigenvalue weighted by Gasteiger charge is -2.34. The molecule has 1 aromatic heterocycles. The molecule has 1 N–H and O–H groups in total. The van der Waals surface area contributed by atoms with E-state index in [-0.39, 0.29) is 37.4 Å². The molecule has 0 aliphatic carbocycles. The monoisotopic (exact) mass is 430 g/mol. The summed E-state index contributed by atoms with van der Waals surface area (Å²) in [4.78, 5) is 44.4. The van der Waals surface area contributed by atoms with Crippen molar-refractivity contribution in [1.82, 2.24) is 4.90 Å². The zero-order valence-electron chi connectivity index (χ0n) is 17.6. The standard InChI is InChI=1S/C25H22N2O5/c1-3-11-26-18-8-5-4-7-17(18)25(24(26)31)20-21(29)16-14-15(2)9-10-19(16)32-22(20)23(30)27(25)12-6-13-28/h3-5,7-10,14,28H,1,6,11-13H2,2H3/t25-/m1/s1. The summed E-state index contributed by atoms with van der Waals surface area (Å²) in [6, 6.07) is 12.3. The van der Waals surface area contributed by atoms with Crippen LogP contribution in [0.1, 0.15) is 33.7 Å². The second-order valence-corrected chi connectivity index (χ2v) is 8.10. The van der Waals surface area contributed by atoms with Gasteiger partial charge in [-0.05, 0) is 31.5 Å². The molecule has 2 amide bonds. The zero-order chi connectivity index (χ0) is 22.6. The molecule has 2 aliphatic heterocycles. The fourth-order valence-electron chi connectivity index (χ4n) is 4.94. The molecule has 7 nitrogen and oxygen atoms in total. The fraction of sp³-hybridized carbons (Fsp3) is 0.240. The van der Waals surface area contributed by atoms with Gasteiger partial charge in [-0.25, -0.2) is 0 Å². The molecule has 0 radical (unpaired) electrons. The van der Waals surface area contributed by atoms with Crippen LogP contribution in [-0.2, 0) is 10.3 Å². The third kappa shape index (κ3) is 2.42. The summed E-state index contributed by atoms with van der Waals surface area (Å²) in [5, 5.41) is 9.79. The lowest BCUT2D eigenvalue weighted by atomic mass is 9.84. The van der Waals surface area contributed by atoms with Crippen molar-refractivity contribution in [3.8, 4) is 0 Å². The van der Waals surface area contributed by atoms with E-state index in [1.165, 1.54) is 9.80 Å².